The van der Waals surface area contributed by atoms with Crippen molar-refractivity contribution >= 4 is 5.78 Å². The fourth-order valence-electron chi connectivity index (χ4n) is 0.630. The molecule has 0 amide bonds. The van der Waals surface area contributed by atoms with E-state index in [4.69, 9.17) is 5.26 Å². The highest BCUT2D eigenvalue weighted by Gasteiger charge is 2.22. The minimum atomic E-state index is -0.300. The van der Waals surface area contributed by atoms with Crippen molar-refractivity contribution in [3.8, 4) is 6.07 Å². The van der Waals surface area contributed by atoms with Crippen LogP contribution in [-0.2, 0) is 4.79 Å². The highest BCUT2D eigenvalue weighted by Crippen LogP contribution is 2.19. The number of Topliss-reactive ketones (excluding diaryl/α,β-unsaturated/α-hetero) is 1. The van der Waals surface area contributed by atoms with E-state index in [1.54, 1.807) is 6.92 Å². The molecule has 0 rings (SSSR count). The summed E-state index contributed by atoms with van der Waals surface area (Å²) in [5.74, 6) is 0.00766. The summed E-state index contributed by atoms with van der Waals surface area (Å²) in [6.07, 6.45) is 0.375. The van der Waals surface area contributed by atoms with Gasteiger partial charge in [-0.05, 0) is 6.92 Å². The zero-order valence-corrected chi connectivity index (χ0v) is 7.64. The fourth-order valence-corrected chi connectivity index (χ4v) is 0.630. The third-order valence-corrected chi connectivity index (χ3v) is 1.55. The standard InChI is InChI=1S/C9H15NO/c1-7(6-10)5-8(11)9(2,3)4/h7H,5H2,1-4H3/t7-/m1/s1. The van der Waals surface area contributed by atoms with Crippen molar-refractivity contribution in [2.75, 3.05) is 0 Å². The lowest BCUT2D eigenvalue weighted by atomic mass is 9.86. The van der Waals surface area contributed by atoms with E-state index in [9.17, 15) is 4.79 Å². The first kappa shape index (κ1) is 10.2. The molecule has 0 aromatic carbocycles. The second kappa shape index (κ2) is 3.52. The van der Waals surface area contributed by atoms with Gasteiger partial charge >= 0.3 is 0 Å². The maximum atomic E-state index is 11.3. The lowest BCUT2D eigenvalue weighted by molar-refractivity contribution is -0.126. The van der Waals surface area contributed by atoms with Crippen LogP contribution in [0.1, 0.15) is 34.1 Å². The summed E-state index contributed by atoms with van der Waals surface area (Å²) in [5.41, 5.74) is -0.300. The van der Waals surface area contributed by atoms with Crippen LogP contribution in [-0.4, -0.2) is 5.78 Å². The minimum absolute atomic E-state index is 0.151. The van der Waals surface area contributed by atoms with E-state index in [2.05, 4.69) is 0 Å². The molecule has 0 fully saturated rings. The van der Waals surface area contributed by atoms with Crippen molar-refractivity contribution in [1.29, 1.82) is 5.26 Å². The van der Waals surface area contributed by atoms with Crippen LogP contribution in [0.4, 0.5) is 0 Å². The Balaban J connectivity index is 4.01. The Labute approximate surface area is 68.2 Å². The van der Waals surface area contributed by atoms with Crippen molar-refractivity contribution in [2.45, 2.75) is 34.1 Å². The lowest BCUT2D eigenvalue weighted by Crippen LogP contribution is -2.21. The molecule has 0 radical (unpaired) electrons. The van der Waals surface area contributed by atoms with E-state index in [1.807, 2.05) is 26.8 Å². The van der Waals surface area contributed by atoms with Crippen molar-refractivity contribution in [3.63, 3.8) is 0 Å². The van der Waals surface area contributed by atoms with Gasteiger partial charge in [0.2, 0.25) is 0 Å². The van der Waals surface area contributed by atoms with Crippen molar-refractivity contribution in [3.05, 3.63) is 0 Å². The molecule has 0 aliphatic rings. The monoisotopic (exact) mass is 153 g/mol. The Morgan fingerprint density at radius 3 is 2.27 bits per heavy atom. The molecule has 0 aliphatic heterocycles. The van der Waals surface area contributed by atoms with E-state index in [0.29, 0.717) is 6.42 Å². The molecule has 2 heteroatoms. The van der Waals surface area contributed by atoms with Crippen LogP contribution in [0.15, 0.2) is 0 Å². The zero-order chi connectivity index (χ0) is 9.07. The molecule has 0 bridgehead atoms. The van der Waals surface area contributed by atoms with Crippen LogP contribution in [0.2, 0.25) is 0 Å². The number of nitriles is 1. The van der Waals surface area contributed by atoms with E-state index < -0.39 is 0 Å². The van der Waals surface area contributed by atoms with Gasteiger partial charge in [0, 0.05) is 11.8 Å². The number of ketones is 1. The summed E-state index contributed by atoms with van der Waals surface area (Å²) in [7, 11) is 0. The number of hydrogen-bond donors (Lipinski definition) is 0. The zero-order valence-electron chi connectivity index (χ0n) is 7.64. The van der Waals surface area contributed by atoms with Gasteiger partial charge in [-0.2, -0.15) is 5.26 Å². The van der Waals surface area contributed by atoms with E-state index >= 15 is 0 Å². The Hall–Kier alpha value is -0.840. The van der Waals surface area contributed by atoms with E-state index in [-0.39, 0.29) is 17.1 Å². The van der Waals surface area contributed by atoms with Gasteiger partial charge in [-0.3, -0.25) is 4.79 Å². The summed E-state index contributed by atoms with van der Waals surface area (Å²) in [6.45, 7) is 7.39. The van der Waals surface area contributed by atoms with Gasteiger partial charge in [0.25, 0.3) is 0 Å². The van der Waals surface area contributed by atoms with Gasteiger partial charge in [0.1, 0.15) is 5.78 Å². The predicted molar refractivity (Wildman–Crippen MR) is 43.9 cm³/mol. The first-order valence-corrected chi connectivity index (χ1v) is 3.81. The normalized spacial score (nSPS) is 13.7. The summed E-state index contributed by atoms with van der Waals surface area (Å²) < 4.78 is 0. The molecule has 11 heavy (non-hydrogen) atoms. The first-order chi connectivity index (χ1) is 4.88. The summed E-state index contributed by atoms with van der Waals surface area (Å²) in [4.78, 5) is 11.3. The Bertz CT molecular complexity index is 183. The van der Waals surface area contributed by atoms with Crippen LogP contribution < -0.4 is 0 Å². The van der Waals surface area contributed by atoms with Gasteiger partial charge in [-0.1, -0.05) is 20.8 Å². The van der Waals surface area contributed by atoms with Crippen LogP contribution in [0.5, 0.6) is 0 Å². The number of rotatable bonds is 2. The number of nitrogens with zero attached hydrogens (tertiary/aromatic N) is 1. The Kier molecular flexibility index (Phi) is 3.25. The van der Waals surface area contributed by atoms with Gasteiger partial charge in [-0.15, -0.1) is 0 Å². The molecule has 0 spiro atoms. The highest BCUT2D eigenvalue weighted by molar-refractivity contribution is 5.83. The average molecular weight is 153 g/mol. The van der Waals surface area contributed by atoms with Gasteiger partial charge in [-0.25, -0.2) is 0 Å². The molecule has 0 aromatic heterocycles. The molecule has 0 aliphatic carbocycles. The molecular formula is C9H15NO. The van der Waals surface area contributed by atoms with Crippen molar-refractivity contribution in [2.24, 2.45) is 11.3 Å². The third-order valence-electron chi connectivity index (χ3n) is 1.55. The maximum Gasteiger partial charge on any atom is 0.139 e. The third kappa shape index (κ3) is 3.77. The minimum Gasteiger partial charge on any atom is -0.299 e. The highest BCUT2D eigenvalue weighted by atomic mass is 16.1. The van der Waals surface area contributed by atoms with Gasteiger partial charge < -0.3 is 0 Å². The Morgan fingerprint density at radius 2 is 2.00 bits per heavy atom. The van der Waals surface area contributed by atoms with Gasteiger partial charge in [0.15, 0.2) is 0 Å². The summed E-state index contributed by atoms with van der Waals surface area (Å²) >= 11 is 0. The van der Waals surface area contributed by atoms with Gasteiger partial charge in [0.05, 0.1) is 12.0 Å². The number of hydrogen-bond acceptors (Lipinski definition) is 2. The first-order valence-electron chi connectivity index (χ1n) is 3.81. The quantitative estimate of drug-likeness (QED) is 0.610. The lowest BCUT2D eigenvalue weighted by Gasteiger charge is -2.16. The number of carbonyl (C=O) groups excluding carboxylic acids is 1. The molecule has 0 aromatic rings. The predicted octanol–water partition coefficient (Wildman–Crippen LogP) is 2.15. The Morgan fingerprint density at radius 1 is 1.55 bits per heavy atom. The van der Waals surface area contributed by atoms with Crippen LogP contribution in [0, 0.1) is 22.7 Å². The molecular weight excluding hydrogens is 138 g/mol. The van der Waals surface area contributed by atoms with Crippen LogP contribution in [0.25, 0.3) is 0 Å². The fraction of sp³-hybridized carbons (Fsp3) is 0.778. The van der Waals surface area contributed by atoms with E-state index in [1.165, 1.54) is 0 Å². The van der Waals surface area contributed by atoms with E-state index in [0.717, 1.165) is 0 Å². The molecule has 0 unspecified atom stereocenters. The molecule has 2 nitrogen and oxygen atoms in total. The smallest absolute Gasteiger partial charge is 0.139 e. The molecule has 0 heterocycles. The SMILES string of the molecule is C[C@@H](C#N)CC(=O)C(C)(C)C. The molecule has 0 saturated heterocycles. The topological polar surface area (TPSA) is 40.9 Å². The molecule has 0 N–H and O–H groups in total. The summed E-state index contributed by atoms with van der Waals surface area (Å²) in [6, 6.07) is 2.05. The average Bonchev–Trinajstić information content (AvgIpc) is 1.85. The molecule has 1 atom stereocenters. The second-order valence-corrected chi connectivity index (χ2v) is 3.91. The summed E-state index contributed by atoms with van der Waals surface area (Å²) in [5, 5.41) is 8.45. The van der Waals surface area contributed by atoms with Crippen LogP contribution >= 0.6 is 0 Å². The van der Waals surface area contributed by atoms with Crippen LogP contribution in [0.3, 0.4) is 0 Å². The molecule has 0 saturated carbocycles. The second-order valence-electron chi connectivity index (χ2n) is 3.91. The van der Waals surface area contributed by atoms with Crippen molar-refractivity contribution < 1.29 is 4.79 Å². The largest absolute Gasteiger partial charge is 0.299 e. The van der Waals surface area contributed by atoms with Crippen molar-refractivity contribution in [1.82, 2.24) is 0 Å². The maximum absolute atomic E-state index is 11.3. The number of carbonyl (C=O) groups is 1. The molecule has 62 valence electrons.